The van der Waals surface area contributed by atoms with Gasteiger partial charge in [-0.1, -0.05) is 30.3 Å². The fourth-order valence-electron chi connectivity index (χ4n) is 5.31. The average molecular weight is 505 g/mol. The molecule has 0 aliphatic carbocycles. The summed E-state index contributed by atoms with van der Waals surface area (Å²) in [5, 5.41) is 3.10. The van der Waals surface area contributed by atoms with Crippen LogP contribution in [0.3, 0.4) is 0 Å². The van der Waals surface area contributed by atoms with Gasteiger partial charge >= 0.3 is 12.2 Å². The monoisotopic (exact) mass is 504 g/mol. The number of nitrogens with zero attached hydrogens (tertiary/aromatic N) is 5. The molecule has 196 valence electrons. The minimum absolute atomic E-state index is 0.0835. The van der Waals surface area contributed by atoms with Crippen molar-refractivity contribution in [1.29, 1.82) is 0 Å². The number of hydrogen-bond acceptors (Lipinski definition) is 5. The summed E-state index contributed by atoms with van der Waals surface area (Å²) in [4.78, 5) is 26.1. The number of piperazine rings is 1. The van der Waals surface area contributed by atoms with Crippen LogP contribution in [0.25, 0.3) is 0 Å². The van der Waals surface area contributed by atoms with Gasteiger partial charge in [0, 0.05) is 38.3 Å². The summed E-state index contributed by atoms with van der Waals surface area (Å²) < 4.78 is 38.3. The Kier molecular flexibility index (Phi) is 8.33. The third-order valence-electron chi connectivity index (χ3n) is 7.20. The van der Waals surface area contributed by atoms with Crippen LogP contribution in [0.4, 0.5) is 23.7 Å². The Morgan fingerprint density at radius 1 is 1.03 bits per heavy atom. The summed E-state index contributed by atoms with van der Waals surface area (Å²) in [7, 11) is 0. The molecular formula is C26H35F3N6O. The highest BCUT2D eigenvalue weighted by molar-refractivity contribution is 5.75. The molecule has 1 N–H and O–H groups in total. The van der Waals surface area contributed by atoms with E-state index >= 15 is 0 Å². The molecule has 7 nitrogen and oxygen atoms in total. The van der Waals surface area contributed by atoms with Crippen molar-refractivity contribution in [2.75, 3.05) is 37.6 Å². The molecule has 2 amide bonds. The van der Waals surface area contributed by atoms with Crippen LogP contribution in [0.1, 0.15) is 44.5 Å². The second kappa shape index (κ2) is 11.5. The highest BCUT2D eigenvalue weighted by atomic mass is 19.4. The van der Waals surface area contributed by atoms with E-state index in [0.29, 0.717) is 31.2 Å². The number of piperidine rings is 1. The first-order chi connectivity index (χ1) is 17.2. The summed E-state index contributed by atoms with van der Waals surface area (Å²) in [6.07, 6.45) is 1.10. The number of carbonyl (C=O) groups excluding carboxylic acids is 1. The Hall–Kier alpha value is -2.88. The maximum atomic E-state index is 13.0. The van der Waals surface area contributed by atoms with Gasteiger partial charge in [0.05, 0.1) is 18.1 Å². The number of urea groups is 1. The minimum Gasteiger partial charge on any atom is -0.365 e. The zero-order valence-electron chi connectivity index (χ0n) is 20.9. The second-order valence-electron chi connectivity index (χ2n) is 10.00. The molecule has 3 heterocycles. The van der Waals surface area contributed by atoms with E-state index in [1.807, 2.05) is 29.7 Å². The van der Waals surface area contributed by atoms with Gasteiger partial charge in [-0.15, -0.1) is 0 Å². The number of nitrogens with one attached hydrogen (secondary N) is 1. The van der Waals surface area contributed by atoms with Crippen LogP contribution in [0, 0.1) is 5.92 Å². The van der Waals surface area contributed by atoms with Crippen LogP contribution >= 0.6 is 0 Å². The van der Waals surface area contributed by atoms with Crippen molar-refractivity contribution in [3.8, 4) is 0 Å². The Morgan fingerprint density at radius 2 is 1.64 bits per heavy atom. The molecule has 2 aliphatic heterocycles. The predicted molar refractivity (Wildman–Crippen MR) is 132 cm³/mol. The number of anilines is 1. The van der Waals surface area contributed by atoms with Gasteiger partial charge in [0.2, 0.25) is 5.82 Å². The number of likely N-dealkylation sites (tertiary alicyclic amines) is 1. The first-order valence-corrected chi connectivity index (χ1v) is 12.7. The maximum Gasteiger partial charge on any atom is 0.451 e. The molecular weight excluding hydrogens is 469 g/mol. The standard InChI is InChI=1S/C26H35F3N6O/c1-19-16-34(23-14-31-24(32-15-23)26(27,28)29)17-20(2)35(19)25(36)30-11-8-21-9-12-33(13-10-21)18-22-6-4-3-5-7-22/h3-7,14-15,19-21H,8-13,16-18H2,1-2H3,(H,30,36). The number of amides is 2. The normalized spacial score (nSPS) is 22.0. The number of alkyl halides is 3. The van der Waals surface area contributed by atoms with Crippen molar-refractivity contribution in [2.45, 2.75) is 57.9 Å². The molecule has 0 saturated carbocycles. The van der Waals surface area contributed by atoms with E-state index < -0.39 is 12.0 Å². The quantitative estimate of drug-likeness (QED) is 0.632. The number of aromatic nitrogens is 2. The van der Waals surface area contributed by atoms with E-state index in [1.54, 1.807) is 0 Å². The molecule has 10 heteroatoms. The smallest absolute Gasteiger partial charge is 0.365 e. The summed E-state index contributed by atoms with van der Waals surface area (Å²) in [6.45, 7) is 8.72. The van der Waals surface area contributed by atoms with Gasteiger partial charge in [-0.05, 0) is 57.7 Å². The molecule has 2 fully saturated rings. The topological polar surface area (TPSA) is 64.6 Å². The number of benzene rings is 1. The average Bonchev–Trinajstić information content (AvgIpc) is 2.85. The molecule has 2 aromatic rings. The van der Waals surface area contributed by atoms with Gasteiger partial charge < -0.3 is 15.1 Å². The second-order valence-corrected chi connectivity index (χ2v) is 10.00. The number of hydrogen-bond donors (Lipinski definition) is 1. The first-order valence-electron chi connectivity index (χ1n) is 12.7. The van der Waals surface area contributed by atoms with Gasteiger partial charge in [0.1, 0.15) is 0 Å². The molecule has 1 aromatic carbocycles. The third kappa shape index (κ3) is 6.66. The van der Waals surface area contributed by atoms with E-state index in [4.69, 9.17) is 0 Å². The minimum atomic E-state index is -4.56. The first kappa shape index (κ1) is 26.2. The third-order valence-corrected chi connectivity index (χ3v) is 7.20. The Morgan fingerprint density at radius 3 is 2.22 bits per heavy atom. The fraction of sp³-hybridized carbons (Fsp3) is 0.577. The largest absolute Gasteiger partial charge is 0.451 e. The van der Waals surface area contributed by atoms with Gasteiger partial charge in [0.25, 0.3) is 0 Å². The molecule has 0 spiro atoms. The van der Waals surface area contributed by atoms with Crippen LogP contribution in [0.2, 0.25) is 0 Å². The lowest BCUT2D eigenvalue weighted by atomic mass is 9.93. The fourth-order valence-corrected chi connectivity index (χ4v) is 5.31. The van der Waals surface area contributed by atoms with Crippen LogP contribution in [-0.4, -0.2) is 70.6 Å². The van der Waals surface area contributed by atoms with Crippen molar-refractivity contribution >= 4 is 11.7 Å². The zero-order chi connectivity index (χ0) is 25.7. The SMILES string of the molecule is CC1CN(c2cnc(C(F)(F)F)nc2)CC(C)N1C(=O)NCCC1CCN(Cc2ccccc2)CC1. The zero-order valence-corrected chi connectivity index (χ0v) is 20.9. The number of carbonyl (C=O) groups is 1. The summed E-state index contributed by atoms with van der Waals surface area (Å²) >= 11 is 0. The van der Waals surface area contributed by atoms with E-state index in [-0.39, 0.29) is 18.1 Å². The Balaban J connectivity index is 1.20. The maximum absolute atomic E-state index is 13.0. The predicted octanol–water partition coefficient (Wildman–Crippen LogP) is 4.41. The molecule has 2 saturated heterocycles. The van der Waals surface area contributed by atoms with Crippen molar-refractivity contribution in [3.63, 3.8) is 0 Å². The van der Waals surface area contributed by atoms with E-state index in [0.717, 1.165) is 38.9 Å². The molecule has 0 radical (unpaired) electrons. The molecule has 1 aromatic heterocycles. The number of rotatable bonds is 6. The Labute approximate surface area is 210 Å². The van der Waals surface area contributed by atoms with Crippen LogP contribution < -0.4 is 10.2 Å². The molecule has 2 unspecified atom stereocenters. The van der Waals surface area contributed by atoms with Crippen LogP contribution in [0.5, 0.6) is 0 Å². The highest BCUT2D eigenvalue weighted by Gasteiger charge is 2.36. The highest BCUT2D eigenvalue weighted by Crippen LogP contribution is 2.28. The van der Waals surface area contributed by atoms with Gasteiger partial charge in [-0.25, -0.2) is 14.8 Å². The Bertz CT molecular complexity index is 967. The lowest BCUT2D eigenvalue weighted by Gasteiger charge is -2.45. The van der Waals surface area contributed by atoms with E-state index in [9.17, 15) is 18.0 Å². The molecule has 36 heavy (non-hydrogen) atoms. The van der Waals surface area contributed by atoms with Crippen LogP contribution in [0.15, 0.2) is 42.7 Å². The molecule has 0 bridgehead atoms. The molecule has 2 atom stereocenters. The van der Waals surface area contributed by atoms with Crippen molar-refractivity contribution in [1.82, 2.24) is 25.1 Å². The lowest BCUT2D eigenvalue weighted by Crippen LogP contribution is -2.61. The van der Waals surface area contributed by atoms with Crippen molar-refractivity contribution in [3.05, 3.63) is 54.1 Å². The van der Waals surface area contributed by atoms with Crippen molar-refractivity contribution < 1.29 is 18.0 Å². The van der Waals surface area contributed by atoms with E-state index in [2.05, 4.69) is 44.5 Å². The van der Waals surface area contributed by atoms with Gasteiger partial charge in [0.15, 0.2) is 0 Å². The van der Waals surface area contributed by atoms with Gasteiger partial charge in [-0.2, -0.15) is 13.2 Å². The number of halogens is 3. The summed E-state index contributed by atoms with van der Waals surface area (Å²) in [6, 6.07) is 10.3. The molecule has 2 aliphatic rings. The van der Waals surface area contributed by atoms with Crippen LogP contribution in [-0.2, 0) is 12.7 Å². The molecule has 4 rings (SSSR count). The summed E-state index contributed by atoms with van der Waals surface area (Å²) in [5.74, 6) is -0.532. The lowest BCUT2D eigenvalue weighted by molar-refractivity contribution is -0.145. The van der Waals surface area contributed by atoms with Crippen molar-refractivity contribution in [2.24, 2.45) is 5.92 Å². The van der Waals surface area contributed by atoms with E-state index in [1.165, 1.54) is 18.0 Å². The summed E-state index contributed by atoms with van der Waals surface area (Å²) in [5.41, 5.74) is 1.87. The van der Waals surface area contributed by atoms with Gasteiger partial charge in [-0.3, -0.25) is 4.90 Å².